The molecule has 0 N–H and O–H groups in total. The van der Waals surface area contributed by atoms with Crippen LogP contribution in [0, 0.1) is 0 Å². The van der Waals surface area contributed by atoms with Gasteiger partial charge in [-0.15, -0.1) is 0 Å². The van der Waals surface area contributed by atoms with Crippen LogP contribution in [0.25, 0.3) is 0 Å². The van der Waals surface area contributed by atoms with E-state index in [1.54, 1.807) is 0 Å². The summed E-state index contributed by atoms with van der Waals surface area (Å²) in [5, 5.41) is 0. The lowest BCUT2D eigenvalue weighted by Gasteiger charge is -2.18. The van der Waals surface area contributed by atoms with Crippen molar-refractivity contribution in [1.29, 1.82) is 0 Å². The van der Waals surface area contributed by atoms with Crippen molar-refractivity contribution in [1.82, 2.24) is 0 Å². The Kier molecular flexibility index (Phi) is 64.8. The van der Waals surface area contributed by atoms with E-state index in [9.17, 15) is 14.4 Å². The van der Waals surface area contributed by atoms with Crippen LogP contribution in [0.4, 0.5) is 0 Å². The number of ether oxygens (including phenoxy) is 3. The van der Waals surface area contributed by atoms with Crippen molar-refractivity contribution in [2.75, 3.05) is 13.2 Å². The van der Waals surface area contributed by atoms with Crippen LogP contribution in [-0.4, -0.2) is 37.2 Å². The van der Waals surface area contributed by atoms with Crippen LogP contribution in [0.1, 0.15) is 297 Å². The van der Waals surface area contributed by atoms with Crippen LogP contribution < -0.4 is 0 Å². The van der Waals surface area contributed by atoms with E-state index in [1.165, 1.54) is 96.3 Å². The third-order valence-electron chi connectivity index (χ3n) is 14.0. The van der Waals surface area contributed by atoms with E-state index in [-0.39, 0.29) is 31.1 Å². The van der Waals surface area contributed by atoms with Gasteiger partial charge in [0.2, 0.25) is 0 Å². The van der Waals surface area contributed by atoms with E-state index in [4.69, 9.17) is 14.2 Å². The molecule has 0 aliphatic carbocycles. The van der Waals surface area contributed by atoms with Crippen molar-refractivity contribution in [3.63, 3.8) is 0 Å². The molecule has 0 saturated heterocycles. The van der Waals surface area contributed by atoms with Gasteiger partial charge in [0.25, 0.3) is 0 Å². The van der Waals surface area contributed by atoms with Crippen LogP contribution in [-0.2, 0) is 28.6 Å². The minimum atomic E-state index is -0.802. The first-order valence-corrected chi connectivity index (χ1v) is 33.8. The minimum absolute atomic E-state index is 0.0966. The number of esters is 3. The van der Waals surface area contributed by atoms with Crippen LogP contribution in [0.15, 0.2) is 146 Å². The first-order valence-electron chi connectivity index (χ1n) is 33.8. The van der Waals surface area contributed by atoms with Crippen molar-refractivity contribution in [2.24, 2.45) is 0 Å². The zero-order valence-electron chi connectivity index (χ0n) is 53.2. The van der Waals surface area contributed by atoms with Gasteiger partial charge in [-0.25, -0.2) is 0 Å². The molecule has 0 radical (unpaired) electrons. The second-order valence-corrected chi connectivity index (χ2v) is 22.0. The second-order valence-electron chi connectivity index (χ2n) is 22.0. The third-order valence-corrected chi connectivity index (χ3v) is 14.0. The minimum Gasteiger partial charge on any atom is -0.462 e. The zero-order chi connectivity index (χ0) is 59.2. The number of carbonyl (C=O) groups excluding carboxylic acids is 3. The number of rotatable bonds is 60. The molecule has 0 aliphatic rings. The number of unbranched alkanes of at least 4 members (excludes halogenated alkanes) is 25. The number of hydrogen-bond acceptors (Lipinski definition) is 6. The van der Waals surface area contributed by atoms with E-state index in [0.717, 1.165) is 161 Å². The molecule has 1 unspecified atom stereocenters. The fraction of sp³-hybridized carbons (Fsp3) is 0.645. The normalized spacial score (nSPS) is 13.1. The molecule has 0 aromatic carbocycles. The molecule has 82 heavy (non-hydrogen) atoms. The lowest BCUT2D eigenvalue weighted by atomic mass is 10.1. The Morgan fingerprint density at radius 2 is 0.476 bits per heavy atom. The fourth-order valence-corrected chi connectivity index (χ4v) is 8.99. The number of allylic oxidation sites excluding steroid dienone is 24. The molecule has 6 nitrogen and oxygen atoms in total. The summed E-state index contributed by atoms with van der Waals surface area (Å²) in [6.07, 6.45) is 98.6. The Morgan fingerprint density at radius 3 is 0.756 bits per heavy atom. The standard InChI is InChI=1S/C76H124O6/c1-4-7-10-13-16-19-22-25-28-29-30-31-32-33-34-35-36-37-38-39-40-41-42-43-44-45-46-47-49-51-54-57-60-63-66-69-75(78)81-72-73(71-80-74(77)68-65-62-59-56-53-50-27-24-21-18-15-12-9-6-3)82-76(79)70-67-64-61-58-55-52-48-26-23-20-17-14-11-8-5-2/h7,10,16,19,24-28,30-31,33-34,36-37,39-40,42-43,45-46,48-49,51,73H,4-6,8-9,11-15,17-18,20-23,29,32,35,38,41,44,47,50,52-72H2,1-3H3/b10-7-,19-16-,27-24-,28-25-,31-30-,34-33-,37-36-,40-39-,43-42-,46-45-,48-26-,51-49-. The highest BCUT2D eigenvalue weighted by Gasteiger charge is 2.19. The van der Waals surface area contributed by atoms with Crippen molar-refractivity contribution in [2.45, 2.75) is 303 Å². The van der Waals surface area contributed by atoms with E-state index in [0.29, 0.717) is 19.3 Å². The van der Waals surface area contributed by atoms with E-state index < -0.39 is 6.10 Å². The molecule has 0 spiro atoms. The maximum Gasteiger partial charge on any atom is 0.306 e. The average Bonchev–Trinajstić information content (AvgIpc) is 3.48. The Morgan fingerprint density at radius 1 is 0.256 bits per heavy atom. The number of hydrogen-bond donors (Lipinski definition) is 0. The molecular weight excluding hydrogens is 1010 g/mol. The van der Waals surface area contributed by atoms with E-state index in [1.807, 2.05) is 0 Å². The van der Waals surface area contributed by atoms with Crippen LogP contribution in [0.3, 0.4) is 0 Å². The van der Waals surface area contributed by atoms with Crippen LogP contribution in [0.5, 0.6) is 0 Å². The van der Waals surface area contributed by atoms with Gasteiger partial charge in [-0.1, -0.05) is 276 Å². The lowest BCUT2D eigenvalue weighted by Crippen LogP contribution is -2.30. The van der Waals surface area contributed by atoms with E-state index >= 15 is 0 Å². The Hall–Kier alpha value is -4.71. The largest absolute Gasteiger partial charge is 0.462 e. The highest BCUT2D eigenvalue weighted by Crippen LogP contribution is 2.14. The van der Waals surface area contributed by atoms with Crippen molar-refractivity contribution < 1.29 is 28.6 Å². The maximum atomic E-state index is 12.9. The summed E-state index contributed by atoms with van der Waals surface area (Å²) in [6, 6.07) is 0. The van der Waals surface area contributed by atoms with Gasteiger partial charge in [0.05, 0.1) is 0 Å². The zero-order valence-corrected chi connectivity index (χ0v) is 53.2. The second kappa shape index (κ2) is 68.8. The van der Waals surface area contributed by atoms with Gasteiger partial charge >= 0.3 is 17.9 Å². The maximum absolute atomic E-state index is 12.9. The highest BCUT2D eigenvalue weighted by molar-refractivity contribution is 5.71. The predicted octanol–water partition coefficient (Wildman–Crippen LogP) is 23.5. The third kappa shape index (κ3) is 66.1. The fourth-order valence-electron chi connectivity index (χ4n) is 8.99. The molecule has 1 atom stereocenters. The van der Waals surface area contributed by atoms with Gasteiger partial charge in [0.15, 0.2) is 6.10 Å². The SMILES string of the molecule is CC/C=C\C/C=C\C/C=C\C/C=C\C/C=C\C/C=C\C/C=C\C/C=C\C/C=C\C/C=C\CCCCCCC(=O)OCC(COC(=O)CCCCCCC/C=C\CCCCCCC)OC(=O)CCCCCCC/C=C\CCCCCCCC. The lowest BCUT2D eigenvalue weighted by molar-refractivity contribution is -0.167. The first-order chi connectivity index (χ1) is 40.5. The Balaban J connectivity index is 4.34. The van der Waals surface area contributed by atoms with Gasteiger partial charge < -0.3 is 14.2 Å². The van der Waals surface area contributed by atoms with Crippen molar-refractivity contribution in [3.05, 3.63) is 146 Å². The molecule has 0 fully saturated rings. The summed E-state index contributed by atoms with van der Waals surface area (Å²) in [5.74, 6) is -0.937. The predicted molar refractivity (Wildman–Crippen MR) is 357 cm³/mol. The molecule has 0 amide bonds. The Bertz CT molecular complexity index is 1780. The molecule has 6 heteroatoms. The quantitative estimate of drug-likeness (QED) is 0.0261. The molecule has 0 saturated carbocycles. The summed E-state index contributed by atoms with van der Waals surface area (Å²) in [7, 11) is 0. The molecule has 0 heterocycles. The van der Waals surface area contributed by atoms with Crippen LogP contribution >= 0.6 is 0 Å². The molecule has 0 bridgehead atoms. The monoisotopic (exact) mass is 1130 g/mol. The molecule has 0 aromatic rings. The Labute approximate surface area is 506 Å². The van der Waals surface area contributed by atoms with Crippen LogP contribution in [0.2, 0.25) is 0 Å². The molecule has 0 aromatic heterocycles. The molecule has 464 valence electrons. The smallest absolute Gasteiger partial charge is 0.306 e. The average molecular weight is 1130 g/mol. The highest BCUT2D eigenvalue weighted by atomic mass is 16.6. The summed E-state index contributed by atoms with van der Waals surface area (Å²) in [5.41, 5.74) is 0. The topological polar surface area (TPSA) is 78.9 Å². The molecule has 0 aliphatic heterocycles. The summed E-state index contributed by atoms with van der Waals surface area (Å²) >= 11 is 0. The van der Waals surface area contributed by atoms with Gasteiger partial charge in [-0.3, -0.25) is 14.4 Å². The van der Waals surface area contributed by atoms with Gasteiger partial charge in [-0.05, 0) is 148 Å². The van der Waals surface area contributed by atoms with Crippen molar-refractivity contribution in [3.8, 4) is 0 Å². The molecular formula is C76H124O6. The van der Waals surface area contributed by atoms with Crippen molar-refractivity contribution >= 4 is 17.9 Å². The van der Waals surface area contributed by atoms with Gasteiger partial charge in [0, 0.05) is 19.3 Å². The van der Waals surface area contributed by atoms with Gasteiger partial charge in [-0.2, -0.15) is 0 Å². The van der Waals surface area contributed by atoms with E-state index in [2.05, 4.69) is 167 Å². The summed E-state index contributed by atoms with van der Waals surface area (Å²) < 4.78 is 16.9. The summed E-state index contributed by atoms with van der Waals surface area (Å²) in [6.45, 7) is 6.48. The molecule has 0 rings (SSSR count). The first kappa shape index (κ1) is 77.3. The number of carbonyl (C=O) groups is 3. The summed E-state index contributed by atoms with van der Waals surface area (Å²) in [4.78, 5) is 38.3. The van der Waals surface area contributed by atoms with Gasteiger partial charge in [0.1, 0.15) is 13.2 Å².